The fourth-order valence-electron chi connectivity index (χ4n) is 3.87. The van der Waals surface area contributed by atoms with Crippen LogP contribution in [0.15, 0.2) is 10.8 Å². The first-order valence-electron chi connectivity index (χ1n) is 7.71. The van der Waals surface area contributed by atoms with E-state index in [1.165, 1.54) is 11.5 Å². The molecule has 0 saturated heterocycles. The number of aromatic nitrogens is 3. The van der Waals surface area contributed by atoms with E-state index in [2.05, 4.69) is 25.9 Å². The number of anilines is 1. The maximum atomic E-state index is 14.5. The van der Waals surface area contributed by atoms with Gasteiger partial charge in [0.1, 0.15) is 15.9 Å². The zero-order valence-corrected chi connectivity index (χ0v) is 15.6. The Balaban J connectivity index is 2.20. The topological polar surface area (TPSA) is 82.5 Å². The molecule has 2 N–H and O–H groups in total. The second kappa shape index (κ2) is 5.40. The van der Waals surface area contributed by atoms with Gasteiger partial charge in [-0.25, -0.2) is 9.97 Å². The zero-order valence-electron chi connectivity index (χ0n) is 14.1. The van der Waals surface area contributed by atoms with E-state index in [4.69, 9.17) is 10.5 Å². The number of carbonyl (C=O) groups excluding carboxylic acids is 1. The summed E-state index contributed by atoms with van der Waals surface area (Å²) in [5.41, 5.74) is 5.16. The molecule has 3 rings (SSSR count). The van der Waals surface area contributed by atoms with Crippen LogP contribution >= 0.6 is 15.9 Å². The summed E-state index contributed by atoms with van der Waals surface area (Å²) in [6.45, 7) is 5.90. The summed E-state index contributed by atoms with van der Waals surface area (Å²) in [6, 6.07) is 0. The normalized spacial score (nSPS) is 26.0. The fraction of sp³-hybridized carbons (Fsp3) is 0.562. The molecule has 1 aliphatic carbocycles. The van der Waals surface area contributed by atoms with E-state index in [0.29, 0.717) is 28.8 Å². The first-order valence-corrected chi connectivity index (χ1v) is 8.50. The third-order valence-electron chi connectivity index (χ3n) is 5.80. The fourth-order valence-corrected chi connectivity index (χ4v) is 4.43. The van der Waals surface area contributed by atoms with Crippen LogP contribution in [0.2, 0.25) is 0 Å². The number of rotatable bonds is 2. The molecule has 2 heterocycles. The van der Waals surface area contributed by atoms with E-state index in [1.807, 2.05) is 20.8 Å². The Morgan fingerprint density at radius 2 is 2.17 bits per heavy atom. The van der Waals surface area contributed by atoms with Crippen molar-refractivity contribution in [2.45, 2.75) is 39.5 Å². The highest BCUT2D eigenvalue weighted by molar-refractivity contribution is 9.10. The van der Waals surface area contributed by atoms with Gasteiger partial charge in [-0.15, -0.1) is 0 Å². The Hall–Kier alpha value is -1.70. The van der Waals surface area contributed by atoms with E-state index < -0.39 is 16.8 Å². The lowest BCUT2D eigenvalue weighted by atomic mass is 9.65. The number of nitrogens with two attached hydrogens (primary N) is 1. The Morgan fingerprint density at radius 1 is 1.50 bits per heavy atom. The summed E-state index contributed by atoms with van der Waals surface area (Å²) in [5.74, 6) is -0.169. The second-order valence-corrected chi connectivity index (χ2v) is 7.80. The Labute approximate surface area is 147 Å². The molecule has 1 fully saturated rings. The number of nitrogen functional groups attached to an aromatic ring is 1. The van der Waals surface area contributed by atoms with Crippen LogP contribution in [0.4, 0.5) is 10.2 Å². The molecule has 0 aromatic carbocycles. The second-order valence-electron chi connectivity index (χ2n) is 7.05. The quantitative estimate of drug-likeness (QED) is 0.784. The molecule has 0 aliphatic heterocycles. The molecular weight excluding hydrogens is 379 g/mol. The third kappa shape index (κ3) is 2.08. The van der Waals surface area contributed by atoms with Crippen LogP contribution in [0.5, 0.6) is 0 Å². The molecule has 0 spiro atoms. The van der Waals surface area contributed by atoms with Crippen LogP contribution in [0, 0.1) is 16.8 Å². The number of hydrogen-bond donors (Lipinski definition) is 1. The van der Waals surface area contributed by atoms with Crippen molar-refractivity contribution in [3.63, 3.8) is 0 Å². The predicted molar refractivity (Wildman–Crippen MR) is 90.9 cm³/mol. The molecular formula is C16H20BrFN4O2. The van der Waals surface area contributed by atoms with Crippen molar-refractivity contribution in [3.8, 4) is 0 Å². The first kappa shape index (κ1) is 17.1. The number of esters is 1. The lowest BCUT2D eigenvalue weighted by Gasteiger charge is -2.38. The van der Waals surface area contributed by atoms with Gasteiger partial charge in [-0.3, -0.25) is 9.20 Å². The highest BCUT2D eigenvalue weighted by atomic mass is 79.9. The maximum absolute atomic E-state index is 14.5. The molecule has 6 nitrogen and oxygen atoms in total. The van der Waals surface area contributed by atoms with Gasteiger partial charge in [-0.1, -0.05) is 13.8 Å². The molecule has 2 aromatic rings. The van der Waals surface area contributed by atoms with Gasteiger partial charge >= 0.3 is 5.97 Å². The molecule has 1 aliphatic rings. The Morgan fingerprint density at radius 3 is 2.79 bits per heavy atom. The third-order valence-corrected chi connectivity index (χ3v) is 6.35. The summed E-state index contributed by atoms with van der Waals surface area (Å²) in [6.07, 6.45) is 2.43. The summed E-state index contributed by atoms with van der Waals surface area (Å²) in [4.78, 5) is 20.7. The average molecular weight is 399 g/mol. The van der Waals surface area contributed by atoms with Crippen molar-refractivity contribution >= 4 is 33.2 Å². The van der Waals surface area contributed by atoms with Crippen molar-refractivity contribution < 1.29 is 13.9 Å². The van der Waals surface area contributed by atoms with Crippen LogP contribution in [-0.2, 0) is 9.53 Å². The van der Waals surface area contributed by atoms with E-state index >= 15 is 0 Å². The molecule has 0 bridgehead atoms. The summed E-state index contributed by atoms with van der Waals surface area (Å²) >= 11 is 3.35. The summed E-state index contributed by atoms with van der Waals surface area (Å²) in [5, 5.41) is 0. The van der Waals surface area contributed by atoms with Gasteiger partial charge in [0.05, 0.1) is 18.7 Å². The van der Waals surface area contributed by atoms with Gasteiger partial charge in [0.2, 0.25) is 5.95 Å². The minimum absolute atomic E-state index is 0.128. The number of methoxy groups -OCH3 is 1. The van der Waals surface area contributed by atoms with Crippen molar-refractivity contribution in [2.24, 2.45) is 10.8 Å². The number of carbonyl (C=O) groups is 1. The molecule has 0 amide bonds. The lowest BCUT2D eigenvalue weighted by Crippen LogP contribution is -2.41. The predicted octanol–water partition coefficient (Wildman–Crippen LogP) is 3.30. The number of hydrogen-bond acceptors (Lipinski definition) is 5. The largest absolute Gasteiger partial charge is 0.469 e. The van der Waals surface area contributed by atoms with Crippen molar-refractivity contribution in [1.29, 1.82) is 0 Å². The maximum Gasteiger partial charge on any atom is 0.312 e. The monoisotopic (exact) mass is 398 g/mol. The van der Waals surface area contributed by atoms with E-state index in [9.17, 15) is 9.18 Å². The van der Waals surface area contributed by atoms with Crippen LogP contribution in [0.25, 0.3) is 5.52 Å². The molecule has 8 heteroatoms. The van der Waals surface area contributed by atoms with Crippen LogP contribution in [0.1, 0.15) is 45.4 Å². The van der Waals surface area contributed by atoms with Gasteiger partial charge in [0.15, 0.2) is 5.82 Å². The van der Waals surface area contributed by atoms with E-state index in [1.54, 1.807) is 0 Å². The van der Waals surface area contributed by atoms with E-state index in [-0.39, 0.29) is 17.7 Å². The van der Waals surface area contributed by atoms with Gasteiger partial charge in [0.25, 0.3) is 0 Å². The van der Waals surface area contributed by atoms with Crippen molar-refractivity contribution in [3.05, 3.63) is 22.6 Å². The van der Waals surface area contributed by atoms with Gasteiger partial charge in [0, 0.05) is 5.92 Å². The molecule has 2 aromatic heterocycles. The average Bonchev–Trinajstić information content (AvgIpc) is 2.99. The lowest BCUT2D eigenvalue weighted by molar-refractivity contribution is -0.157. The summed E-state index contributed by atoms with van der Waals surface area (Å²) in [7, 11) is 1.39. The number of nitrogens with zero attached hydrogens (tertiary/aromatic N) is 3. The van der Waals surface area contributed by atoms with Gasteiger partial charge in [-0.05, 0) is 41.1 Å². The van der Waals surface area contributed by atoms with Crippen molar-refractivity contribution in [1.82, 2.24) is 14.4 Å². The Kier molecular flexibility index (Phi) is 3.86. The first-order chi connectivity index (χ1) is 11.1. The SMILES string of the molecule is COC(=O)[C@@]1(C)CC[C@@H](c2nc(Br)c3c(N)ncc(F)n23)C1(C)C. The Bertz CT molecular complexity index is 835. The molecule has 1 saturated carbocycles. The summed E-state index contributed by atoms with van der Waals surface area (Å²) < 4.78 is 21.3. The minimum Gasteiger partial charge on any atom is -0.469 e. The minimum atomic E-state index is -0.667. The zero-order chi connectivity index (χ0) is 17.9. The highest BCUT2D eigenvalue weighted by Gasteiger charge is 2.58. The van der Waals surface area contributed by atoms with Crippen LogP contribution in [-0.4, -0.2) is 27.4 Å². The van der Waals surface area contributed by atoms with Gasteiger partial charge < -0.3 is 10.5 Å². The number of ether oxygens (including phenoxy) is 1. The molecule has 0 unspecified atom stereocenters. The van der Waals surface area contributed by atoms with Gasteiger partial charge in [-0.2, -0.15) is 4.39 Å². The smallest absolute Gasteiger partial charge is 0.312 e. The van der Waals surface area contributed by atoms with Crippen molar-refractivity contribution in [2.75, 3.05) is 12.8 Å². The number of halogens is 2. The molecule has 130 valence electrons. The highest BCUT2D eigenvalue weighted by Crippen LogP contribution is 2.60. The molecule has 2 atom stereocenters. The standard InChI is InChI=1S/C16H20BrFN4O2/c1-15(2)8(5-6-16(15,3)14(23)24-4)13-21-11(17)10-12(19)20-7-9(18)22(10)13/h7-8H,5-6H2,1-4H3,(H2,19,20)/t8-,16+/m0/s1. The number of imidazole rings is 1. The molecule has 24 heavy (non-hydrogen) atoms. The number of fused-ring (bicyclic) bond motifs is 1. The van der Waals surface area contributed by atoms with Crippen LogP contribution < -0.4 is 5.73 Å². The van der Waals surface area contributed by atoms with Crippen LogP contribution in [0.3, 0.4) is 0 Å². The molecule has 0 radical (unpaired) electrons. The van der Waals surface area contributed by atoms with E-state index in [0.717, 1.165) is 6.20 Å².